The quantitative estimate of drug-likeness (QED) is 0.439. The molecule has 0 spiro atoms. The summed E-state index contributed by atoms with van der Waals surface area (Å²) in [4.78, 5) is 12.6. The lowest BCUT2D eigenvalue weighted by Gasteiger charge is -2.47. The second-order valence-corrected chi connectivity index (χ2v) is 11.6. The van der Waals surface area contributed by atoms with E-state index in [1.54, 1.807) is 0 Å². The Morgan fingerprint density at radius 3 is 2.42 bits per heavy atom. The molecule has 1 saturated heterocycles. The van der Waals surface area contributed by atoms with E-state index in [1.807, 2.05) is 0 Å². The van der Waals surface area contributed by atoms with Crippen LogP contribution < -0.4 is 10.4 Å². The SMILES string of the molecule is C=C(O)C1(NC(=O)C2CCC(O[C@@H]([O-])[C@H](C)[C@@H]3CC[C@@H](C)[C@@H]4CCC(C)OCC34)CC2)CC1. The topological polar surface area (TPSA) is 90.9 Å². The molecule has 2 unspecified atom stereocenters. The number of carbonyl (C=O) groups excluding carboxylic acids is 1. The van der Waals surface area contributed by atoms with E-state index in [-0.39, 0.29) is 29.6 Å². The van der Waals surface area contributed by atoms with E-state index in [1.165, 1.54) is 12.8 Å². The molecule has 0 aromatic rings. The number of hydrogen-bond acceptors (Lipinski definition) is 5. The van der Waals surface area contributed by atoms with Gasteiger partial charge in [-0.25, -0.2) is 0 Å². The largest absolute Gasteiger partial charge is 0.831 e. The maximum absolute atomic E-state index is 13.2. The third kappa shape index (κ3) is 5.59. The van der Waals surface area contributed by atoms with Gasteiger partial charge in [-0.2, -0.15) is 0 Å². The molecule has 3 saturated carbocycles. The van der Waals surface area contributed by atoms with Crippen molar-refractivity contribution in [1.82, 2.24) is 5.32 Å². The predicted octanol–water partition coefficient (Wildman–Crippen LogP) is 4.08. The molecule has 4 fully saturated rings. The van der Waals surface area contributed by atoms with Gasteiger partial charge >= 0.3 is 0 Å². The highest BCUT2D eigenvalue weighted by Crippen LogP contribution is 2.47. The Bertz CT molecular complexity index is 699. The van der Waals surface area contributed by atoms with Gasteiger partial charge in [-0.1, -0.05) is 26.8 Å². The maximum Gasteiger partial charge on any atom is 0.223 e. The van der Waals surface area contributed by atoms with Gasteiger partial charge in [0.15, 0.2) is 0 Å². The van der Waals surface area contributed by atoms with Crippen molar-refractivity contribution in [2.24, 2.45) is 35.5 Å². The van der Waals surface area contributed by atoms with Crippen molar-refractivity contribution in [3.8, 4) is 0 Å². The summed E-state index contributed by atoms with van der Waals surface area (Å²) in [7, 11) is 0. The van der Waals surface area contributed by atoms with Crippen molar-refractivity contribution < 1.29 is 24.5 Å². The molecule has 2 N–H and O–H groups in total. The molecule has 6 heteroatoms. The number of aliphatic hydroxyl groups excluding tert-OH is 1. The summed E-state index contributed by atoms with van der Waals surface area (Å²) in [5, 5.41) is 25.9. The van der Waals surface area contributed by atoms with Crippen LogP contribution in [-0.2, 0) is 14.3 Å². The average Bonchev–Trinajstić information content (AvgIpc) is 3.59. The smallest absolute Gasteiger partial charge is 0.223 e. The van der Waals surface area contributed by atoms with Gasteiger partial charge in [-0.3, -0.25) is 4.79 Å². The van der Waals surface area contributed by atoms with Crippen LogP contribution in [-0.4, -0.2) is 41.7 Å². The summed E-state index contributed by atoms with van der Waals surface area (Å²) in [5.74, 6) is 2.14. The minimum atomic E-state index is -1.02. The van der Waals surface area contributed by atoms with Gasteiger partial charge in [0.2, 0.25) is 5.91 Å². The third-order valence-corrected chi connectivity index (χ3v) is 9.41. The Hall–Kier alpha value is -1.11. The van der Waals surface area contributed by atoms with Crippen LogP contribution in [0.1, 0.15) is 85.0 Å². The molecule has 1 amide bonds. The van der Waals surface area contributed by atoms with Crippen LogP contribution in [0.5, 0.6) is 0 Å². The molecule has 0 radical (unpaired) electrons. The first-order valence-electron chi connectivity index (χ1n) is 13.3. The number of hydrogen-bond donors (Lipinski definition) is 2. The zero-order valence-corrected chi connectivity index (χ0v) is 20.8. The minimum Gasteiger partial charge on any atom is -0.831 e. The van der Waals surface area contributed by atoms with Crippen LogP contribution in [0.3, 0.4) is 0 Å². The fourth-order valence-electron chi connectivity index (χ4n) is 6.73. The molecule has 0 aromatic carbocycles. The van der Waals surface area contributed by atoms with Gasteiger partial charge in [0.25, 0.3) is 0 Å². The first kappa shape index (κ1) is 25.0. The molecule has 1 heterocycles. The van der Waals surface area contributed by atoms with Gasteiger partial charge in [0.1, 0.15) is 5.76 Å². The second kappa shape index (κ2) is 10.2. The van der Waals surface area contributed by atoms with Crippen LogP contribution in [0.4, 0.5) is 0 Å². The molecule has 0 aromatic heterocycles. The Kier molecular flexibility index (Phi) is 7.76. The van der Waals surface area contributed by atoms with Crippen molar-refractivity contribution in [2.45, 2.75) is 109 Å². The van der Waals surface area contributed by atoms with Crippen molar-refractivity contribution in [1.29, 1.82) is 0 Å². The second-order valence-electron chi connectivity index (χ2n) is 11.6. The van der Waals surface area contributed by atoms with E-state index in [4.69, 9.17) is 9.47 Å². The zero-order valence-electron chi connectivity index (χ0n) is 20.8. The van der Waals surface area contributed by atoms with E-state index in [0.717, 1.165) is 58.0 Å². The van der Waals surface area contributed by atoms with Crippen molar-refractivity contribution in [3.63, 3.8) is 0 Å². The molecule has 188 valence electrons. The Balaban J connectivity index is 1.26. The minimum absolute atomic E-state index is 0.00171. The number of fused-ring (bicyclic) bond motifs is 1. The molecule has 1 aliphatic heterocycles. The van der Waals surface area contributed by atoms with E-state index in [0.29, 0.717) is 29.8 Å². The van der Waals surface area contributed by atoms with Crippen molar-refractivity contribution in [2.75, 3.05) is 6.61 Å². The molecule has 0 bridgehead atoms. The lowest BCUT2D eigenvalue weighted by atomic mass is 9.62. The fourth-order valence-corrected chi connectivity index (χ4v) is 6.73. The molecule has 4 rings (SSSR count). The predicted molar refractivity (Wildman–Crippen MR) is 125 cm³/mol. The lowest BCUT2D eigenvalue weighted by Crippen LogP contribution is -2.48. The number of ether oxygens (including phenoxy) is 2. The van der Waals surface area contributed by atoms with Crippen LogP contribution in [0, 0.1) is 35.5 Å². The van der Waals surface area contributed by atoms with E-state index >= 15 is 0 Å². The van der Waals surface area contributed by atoms with E-state index < -0.39 is 11.8 Å². The first-order chi connectivity index (χ1) is 15.7. The highest BCUT2D eigenvalue weighted by Gasteiger charge is 2.48. The third-order valence-electron chi connectivity index (χ3n) is 9.41. The Labute approximate surface area is 199 Å². The van der Waals surface area contributed by atoms with Gasteiger partial charge in [0, 0.05) is 5.92 Å². The van der Waals surface area contributed by atoms with E-state index in [2.05, 4.69) is 32.7 Å². The average molecular weight is 463 g/mol. The highest BCUT2D eigenvalue weighted by molar-refractivity contribution is 5.80. The molecule has 33 heavy (non-hydrogen) atoms. The van der Waals surface area contributed by atoms with Gasteiger partial charge in [-0.15, -0.1) is 0 Å². The van der Waals surface area contributed by atoms with Crippen LogP contribution in [0.25, 0.3) is 0 Å². The number of amides is 1. The normalized spacial score (nSPS) is 40.1. The summed E-state index contributed by atoms with van der Waals surface area (Å²) in [6, 6.07) is 0. The standard InChI is InChI=1S/C27H44NO5/c1-16-5-11-23(24-15-32-17(2)6-12-22(16)24)18(3)26(31)33-21-9-7-20(8-10-21)25(30)28-27(13-14-27)19(4)29/h16-18,20-24,26,29H,4-15H2,1-3H3,(H,28,30)/q-1/t16-,17?,18-,20?,21?,22+,23+,24?,26-/m1/s1. The molecule has 7 atom stereocenters. The summed E-state index contributed by atoms with van der Waals surface area (Å²) >= 11 is 0. The van der Waals surface area contributed by atoms with Crippen LogP contribution >= 0.6 is 0 Å². The monoisotopic (exact) mass is 462 g/mol. The molecule has 3 aliphatic carbocycles. The zero-order chi connectivity index (χ0) is 23.8. The summed E-state index contributed by atoms with van der Waals surface area (Å²) in [6.07, 6.45) is 8.29. The van der Waals surface area contributed by atoms with Crippen LogP contribution in [0.2, 0.25) is 0 Å². The number of rotatable bonds is 7. The molecule has 4 aliphatic rings. The fraction of sp³-hybridized carbons (Fsp3) is 0.889. The molecular weight excluding hydrogens is 418 g/mol. The van der Waals surface area contributed by atoms with Crippen molar-refractivity contribution >= 4 is 5.91 Å². The highest BCUT2D eigenvalue weighted by atomic mass is 16.6. The lowest BCUT2D eigenvalue weighted by molar-refractivity contribution is -0.514. The summed E-state index contributed by atoms with van der Waals surface area (Å²) in [6.45, 7) is 11.0. The number of nitrogens with one attached hydrogen (secondary N) is 1. The molecule has 6 nitrogen and oxygen atoms in total. The Morgan fingerprint density at radius 1 is 1.09 bits per heavy atom. The van der Waals surface area contributed by atoms with Gasteiger partial charge in [0.05, 0.1) is 24.4 Å². The summed E-state index contributed by atoms with van der Waals surface area (Å²) < 4.78 is 12.2. The van der Waals surface area contributed by atoms with Crippen LogP contribution in [0.15, 0.2) is 12.3 Å². The van der Waals surface area contributed by atoms with E-state index in [9.17, 15) is 15.0 Å². The Morgan fingerprint density at radius 2 is 1.79 bits per heavy atom. The van der Waals surface area contributed by atoms with Gasteiger partial charge < -0.3 is 25.0 Å². The van der Waals surface area contributed by atoms with Gasteiger partial charge in [-0.05, 0) is 101 Å². The molecular formula is C27H44NO5-. The summed E-state index contributed by atoms with van der Waals surface area (Å²) in [5.41, 5.74) is -0.588. The number of aliphatic hydroxyl groups is 1. The number of carbonyl (C=O) groups is 1. The maximum atomic E-state index is 13.2. The first-order valence-corrected chi connectivity index (χ1v) is 13.3. The van der Waals surface area contributed by atoms with Crippen molar-refractivity contribution in [3.05, 3.63) is 12.3 Å².